The van der Waals surface area contributed by atoms with Gasteiger partial charge in [-0.25, -0.2) is 13.4 Å². The quantitative estimate of drug-likeness (QED) is 0.527. The Morgan fingerprint density at radius 1 is 1.24 bits per heavy atom. The highest BCUT2D eigenvalue weighted by atomic mass is 32.2. The van der Waals surface area contributed by atoms with Gasteiger partial charge in [0.1, 0.15) is 12.4 Å². The number of rotatable bonds is 8. The Balaban J connectivity index is 1.43. The third kappa shape index (κ3) is 5.62. The molecular weight excluding hydrogens is 446 g/mol. The second-order valence-corrected chi connectivity index (χ2v) is 9.93. The van der Waals surface area contributed by atoms with Crippen molar-refractivity contribution in [2.24, 2.45) is 0 Å². The molecule has 0 bridgehead atoms. The minimum Gasteiger partial charge on any atom is -0.375 e. The number of amides is 1. The predicted molar refractivity (Wildman–Crippen MR) is 120 cm³/mol. The number of benzene rings is 1. The summed E-state index contributed by atoms with van der Waals surface area (Å²) >= 11 is 0. The molecule has 1 unspecified atom stereocenters. The maximum Gasteiger partial charge on any atom is 0.251 e. The molecule has 1 amide bonds. The molecular formula is C22H25N5O5S. The number of methoxy groups -OCH3 is 1. The number of carbonyl (C=O) groups is 1. The summed E-state index contributed by atoms with van der Waals surface area (Å²) in [6.07, 6.45) is 4.67. The first-order valence-corrected chi connectivity index (χ1v) is 12.3. The van der Waals surface area contributed by atoms with E-state index in [9.17, 15) is 13.2 Å². The van der Waals surface area contributed by atoms with Crippen LogP contribution in [0.2, 0.25) is 0 Å². The maximum absolute atomic E-state index is 11.7. The Hall–Kier alpha value is -3.15. The van der Waals surface area contributed by atoms with Crippen LogP contribution in [0.25, 0.3) is 11.4 Å². The minimum absolute atomic E-state index is 0.0126. The fourth-order valence-corrected chi connectivity index (χ4v) is 4.40. The molecule has 0 radical (unpaired) electrons. The molecule has 3 aromatic rings. The molecule has 2 aromatic heterocycles. The summed E-state index contributed by atoms with van der Waals surface area (Å²) in [5.41, 5.74) is 1.69. The summed E-state index contributed by atoms with van der Waals surface area (Å²) in [5.74, 6) is 1.09. The van der Waals surface area contributed by atoms with E-state index in [2.05, 4.69) is 25.3 Å². The van der Waals surface area contributed by atoms with Crippen molar-refractivity contribution in [2.75, 3.05) is 31.8 Å². The standard InChI is InChI=1S/C22H25N5O5S/c1-31-14-20(28)24-19-10-7-16(12-23-19)21-25-22(32-26-21)18-4-3-11-27(18)13-15-5-8-17(9-6-15)33(2,29)30/h5-10,12,18H,3-4,11,13-14H2,1-2H3,(H,23,24,28). The summed E-state index contributed by atoms with van der Waals surface area (Å²) in [4.78, 5) is 22.9. The Morgan fingerprint density at radius 3 is 2.70 bits per heavy atom. The van der Waals surface area contributed by atoms with Crippen molar-refractivity contribution in [1.82, 2.24) is 20.0 Å². The lowest BCUT2D eigenvalue weighted by molar-refractivity contribution is -0.119. The summed E-state index contributed by atoms with van der Waals surface area (Å²) in [6, 6.07) is 10.4. The van der Waals surface area contributed by atoms with Gasteiger partial charge in [-0.1, -0.05) is 17.3 Å². The number of nitrogens with one attached hydrogen (secondary N) is 1. The van der Waals surface area contributed by atoms with E-state index in [0.29, 0.717) is 34.5 Å². The monoisotopic (exact) mass is 471 g/mol. The first kappa shape index (κ1) is 23.0. The maximum atomic E-state index is 11.7. The number of hydrogen-bond donors (Lipinski definition) is 1. The Morgan fingerprint density at radius 2 is 2.03 bits per heavy atom. The average molecular weight is 472 g/mol. The number of pyridine rings is 1. The summed E-state index contributed by atoms with van der Waals surface area (Å²) in [7, 11) is -1.77. The molecule has 1 atom stereocenters. The third-order valence-electron chi connectivity index (χ3n) is 5.39. The molecule has 3 heterocycles. The lowest BCUT2D eigenvalue weighted by atomic mass is 10.2. The smallest absolute Gasteiger partial charge is 0.251 e. The first-order chi connectivity index (χ1) is 15.8. The van der Waals surface area contributed by atoms with E-state index in [1.54, 1.807) is 30.5 Å². The zero-order chi connectivity index (χ0) is 23.4. The molecule has 4 rings (SSSR count). The second kappa shape index (κ2) is 9.77. The van der Waals surface area contributed by atoms with Crippen molar-refractivity contribution in [3.05, 3.63) is 54.0 Å². The SMILES string of the molecule is COCC(=O)Nc1ccc(-c2noc(C3CCCN3Cc3ccc(S(C)(=O)=O)cc3)n2)cn1. The van der Waals surface area contributed by atoms with Crippen molar-refractivity contribution in [3.63, 3.8) is 0 Å². The number of hydrogen-bond acceptors (Lipinski definition) is 9. The normalized spacial score (nSPS) is 16.7. The minimum atomic E-state index is -3.21. The highest BCUT2D eigenvalue weighted by molar-refractivity contribution is 7.90. The molecule has 1 aromatic carbocycles. The van der Waals surface area contributed by atoms with Crippen molar-refractivity contribution >= 4 is 21.6 Å². The third-order valence-corrected chi connectivity index (χ3v) is 6.52. The van der Waals surface area contributed by atoms with Gasteiger partial charge in [0, 0.05) is 31.7 Å². The molecule has 0 saturated carbocycles. The van der Waals surface area contributed by atoms with Gasteiger partial charge in [-0.2, -0.15) is 4.98 Å². The number of carbonyl (C=O) groups excluding carboxylic acids is 1. The summed E-state index contributed by atoms with van der Waals surface area (Å²) in [5, 5.41) is 6.74. The van der Waals surface area contributed by atoms with Crippen LogP contribution in [0.4, 0.5) is 5.82 Å². The molecule has 0 aliphatic carbocycles. The van der Waals surface area contributed by atoms with Gasteiger partial charge in [-0.15, -0.1) is 0 Å². The van der Waals surface area contributed by atoms with Crippen molar-refractivity contribution in [1.29, 1.82) is 0 Å². The molecule has 1 aliphatic rings. The van der Waals surface area contributed by atoms with Gasteiger partial charge in [0.15, 0.2) is 9.84 Å². The number of likely N-dealkylation sites (tertiary alicyclic amines) is 1. The van der Waals surface area contributed by atoms with Gasteiger partial charge in [-0.05, 0) is 49.2 Å². The lowest BCUT2D eigenvalue weighted by Gasteiger charge is -2.21. The largest absolute Gasteiger partial charge is 0.375 e. The van der Waals surface area contributed by atoms with E-state index in [-0.39, 0.29) is 18.6 Å². The van der Waals surface area contributed by atoms with E-state index in [1.807, 2.05) is 12.1 Å². The number of aromatic nitrogens is 3. The zero-order valence-corrected chi connectivity index (χ0v) is 19.2. The molecule has 1 fully saturated rings. The fourth-order valence-electron chi connectivity index (χ4n) is 3.77. The predicted octanol–water partition coefficient (Wildman–Crippen LogP) is 2.46. The average Bonchev–Trinajstić information content (AvgIpc) is 3.44. The van der Waals surface area contributed by atoms with Crippen LogP contribution in [0.3, 0.4) is 0 Å². The highest BCUT2D eigenvalue weighted by Crippen LogP contribution is 2.33. The van der Waals surface area contributed by atoms with Crippen LogP contribution < -0.4 is 5.32 Å². The summed E-state index contributed by atoms with van der Waals surface area (Å²) in [6.45, 7) is 1.49. The van der Waals surface area contributed by atoms with E-state index >= 15 is 0 Å². The highest BCUT2D eigenvalue weighted by Gasteiger charge is 2.31. The van der Waals surface area contributed by atoms with Crippen molar-refractivity contribution in [3.8, 4) is 11.4 Å². The molecule has 1 saturated heterocycles. The molecule has 174 valence electrons. The number of sulfone groups is 1. The zero-order valence-electron chi connectivity index (χ0n) is 18.4. The second-order valence-electron chi connectivity index (χ2n) is 7.91. The van der Waals surface area contributed by atoms with Gasteiger partial charge < -0.3 is 14.6 Å². The molecule has 33 heavy (non-hydrogen) atoms. The molecule has 1 N–H and O–H groups in total. The van der Waals surface area contributed by atoms with Gasteiger partial charge >= 0.3 is 0 Å². The van der Waals surface area contributed by atoms with Crippen LogP contribution in [-0.2, 0) is 25.9 Å². The molecule has 1 aliphatic heterocycles. The molecule has 11 heteroatoms. The molecule has 0 spiro atoms. The first-order valence-electron chi connectivity index (χ1n) is 10.5. The Kier molecular flexibility index (Phi) is 6.82. The van der Waals surface area contributed by atoms with E-state index in [4.69, 9.17) is 9.26 Å². The van der Waals surface area contributed by atoms with Gasteiger partial charge in [0.2, 0.25) is 11.7 Å². The topological polar surface area (TPSA) is 128 Å². The van der Waals surface area contributed by atoms with Crippen molar-refractivity contribution in [2.45, 2.75) is 30.3 Å². The van der Waals surface area contributed by atoms with Gasteiger partial charge in [0.25, 0.3) is 5.91 Å². The summed E-state index contributed by atoms with van der Waals surface area (Å²) < 4.78 is 33.7. The van der Waals surface area contributed by atoms with E-state index < -0.39 is 9.84 Å². The van der Waals surface area contributed by atoms with Crippen LogP contribution in [0.1, 0.15) is 30.3 Å². The van der Waals surface area contributed by atoms with Gasteiger partial charge in [-0.3, -0.25) is 9.69 Å². The van der Waals surface area contributed by atoms with Gasteiger partial charge in [0.05, 0.1) is 10.9 Å². The molecule has 10 nitrogen and oxygen atoms in total. The van der Waals surface area contributed by atoms with Crippen LogP contribution in [-0.4, -0.2) is 60.9 Å². The lowest BCUT2D eigenvalue weighted by Crippen LogP contribution is -2.23. The fraction of sp³-hybridized carbons (Fsp3) is 0.364. The van der Waals surface area contributed by atoms with Crippen LogP contribution in [0, 0.1) is 0 Å². The van der Waals surface area contributed by atoms with E-state index in [1.165, 1.54) is 13.4 Å². The van der Waals surface area contributed by atoms with Crippen LogP contribution in [0.15, 0.2) is 52.0 Å². The number of nitrogens with zero attached hydrogens (tertiary/aromatic N) is 4. The number of anilines is 1. The van der Waals surface area contributed by atoms with Crippen LogP contribution >= 0.6 is 0 Å². The number of ether oxygens (including phenoxy) is 1. The van der Waals surface area contributed by atoms with Crippen molar-refractivity contribution < 1.29 is 22.5 Å². The Bertz CT molecular complexity index is 1210. The Labute approximate surface area is 191 Å². The van der Waals surface area contributed by atoms with Crippen LogP contribution in [0.5, 0.6) is 0 Å². The van der Waals surface area contributed by atoms with E-state index in [0.717, 1.165) is 24.9 Å².